The minimum absolute atomic E-state index is 0.0780. The summed E-state index contributed by atoms with van der Waals surface area (Å²) >= 11 is 1.88. The van der Waals surface area contributed by atoms with Crippen LogP contribution in [0.2, 0.25) is 0 Å². The molecule has 1 heterocycles. The van der Waals surface area contributed by atoms with E-state index in [1.165, 1.54) is 5.56 Å². The predicted molar refractivity (Wildman–Crippen MR) is 79.8 cm³/mol. The van der Waals surface area contributed by atoms with Crippen molar-refractivity contribution in [3.8, 4) is 0 Å². The molecule has 1 aromatic carbocycles. The summed E-state index contributed by atoms with van der Waals surface area (Å²) in [6.45, 7) is 1.35. The first kappa shape index (κ1) is 13.5. The summed E-state index contributed by atoms with van der Waals surface area (Å²) in [6, 6.07) is 10.4. The van der Waals surface area contributed by atoms with Gasteiger partial charge in [-0.1, -0.05) is 30.3 Å². The van der Waals surface area contributed by atoms with Gasteiger partial charge in [-0.3, -0.25) is 0 Å². The van der Waals surface area contributed by atoms with Crippen LogP contribution in [0.1, 0.15) is 30.1 Å². The molecule has 1 atom stereocenters. The molecule has 1 saturated carbocycles. The van der Waals surface area contributed by atoms with Crippen molar-refractivity contribution >= 4 is 21.8 Å². The summed E-state index contributed by atoms with van der Waals surface area (Å²) in [5, 5.41) is 0.353. The number of hydrogen-bond acceptors (Lipinski definition) is 3. The van der Waals surface area contributed by atoms with E-state index < -0.39 is 10.0 Å². The molecule has 0 radical (unpaired) electrons. The van der Waals surface area contributed by atoms with Crippen molar-refractivity contribution in [2.24, 2.45) is 0 Å². The van der Waals surface area contributed by atoms with Crippen LogP contribution in [0.4, 0.5) is 0 Å². The highest BCUT2D eigenvalue weighted by molar-refractivity contribution is 7.99. The van der Waals surface area contributed by atoms with Gasteiger partial charge in [-0.25, -0.2) is 12.7 Å². The first-order chi connectivity index (χ1) is 9.18. The van der Waals surface area contributed by atoms with Crippen molar-refractivity contribution in [3.63, 3.8) is 0 Å². The van der Waals surface area contributed by atoms with Crippen LogP contribution in [0, 0.1) is 0 Å². The summed E-state index contributed by atoms with van der Waals surface area (Å²) in [7, 11) is -3.00. The van der Waals surface area contributed by atoms with Crippen LogP contribution >= 0.6 is 11.8 Å². The zero-order valence-corrected chi connectivity index (χ0v) is 12.5. The molecule has 0 aromatic heterocycles. The van der Waals surface area contributed by atoms with Crippen molar-refractivity contribution in [2.45, 2.75) is 29.8 Å². The Morgan fingerprint density at radius 2 is 1.79 bits per heavy atom. The molecule has 1 saturated heterocycles. The summed E-state index contributed by atoms with van der Waals surface area (Å²) in [6.07, 6.45) is 2.63. The lowest BCUT2D eigenvalue weighted by atomic mass is 10.1. The van der Waals surface area contributed by atoms with Gasteiger partial charge in [0, 0.05) is 24.1 Å². The second kappa shape index (κ2) is 5.46. The lowest BCUT2D eigenvalue weighted by Gasteiger charge is -2.19. The number of rotatable bonds is 3. The van der Waals surface area contributed by atoms with Gasteiger partial charge in [0.05, 0.1) is 5.25 Å². The molecule has 1 aliphatic carbocycles. The number of thioether (sulfide) groups is 1. The Morgan fingerprint density at radius 1 is 1.05 bits per heavy atom. The average Bonchev–Trinajstić information content (AvgIpc) is 3.26. The van der Waals surface area contributed by atoms with Gasteiger partial charge in [-0.05, 0) is 24.8 Å². The van der Waals surface area contributed by atoms with Crippen LogP contribution in [0.3, 0.4) is 0 Å². The van der Waals surface area contributed by atoms with Crippen molar-refractivity contribution in [3.05, 3.63) is 35.9 Å². The van der Waals surface area contributed by atoms with Gasteiger partial charge >= 0.3 is 0 Å². The van der Waals surface area contributed by atoms with Crippen LogP contribution < -0.4 is 0 Å². The number of hydrogen-bond donors (Lipinski definition) is 0. The van der Waals surface area contributed by atoms with Crippen molar-refractivity contribution in [1.82, 2.24) is 4.31 Å². The second-order valence-electron chi connectivity index (χ2n) is 5.20. The Kier molecular flexibility index (Phi) is 3.87. The van der Waals surface area contributed by atoms with E-state index >= 15 is 0 Å². The molecule has 19 heavy (non-hydrogen) atoms. The minimum atomic E-state index is -3.00. The maximum atomic E-state index is 12.3. The van der Waals surface area contributed by atoms with E-state index in [4.69, 9.17) is 0 Å². The van der Waals surface area contributed by atoms with E-state index in [1.807, 2.05) is 17.8 Å². The summed E-state index contributed by atoms with van der Waals surface area (Å²) in [4.78, 5) is 0. The molecule has 1 aromatic rings. The van der Waals surface area contributed by atoms with Gasteiger partial charge in [0.15, 0.2) is 0 Å². The smallest absolute Gasteiger partial charge is 0.212 e. The molecule has 2 fully saturated rings. The molecule has 0 N–H and O–H groups in total. The Balaban J connectivity index is 1.69. The monoisotopic (exact) mass is 297 g/mol. The SMILES string of the molecule is O=S(=O)(C1CC1)N1CCSC(c2ccccc2)CC1. The van der Waals surface area contributed by atoms with Gasteiger partial charge in [-0.2, -0.15) is 11.8 Å². The maximum absolute atomic E-state index is 12.3. The third-order valence-electron chi connectivity index (χ3n) is 3.78. The lowest BCUT2D eigenvalue weighted by molar-refractivity contribution is 0.427. The maximum Gasteiger partial charge on any atom is 0.217 e. The van der Waals surface area contributed by atoms with Crippen LogP contribution in [0.5, 0.6) is 0 Å². The van der Waals surface area contributed by atoms with Crippen molar-refractivity contribution in [2.75, 3.05) is 18.8 Å². The topological polar surface area (TPSA) is 37.4 Å². The predicted octanol–water partition coefficient (Wildman–Crippen LogP) is 2.66. The molecule has 3 rings (SSSR count). The highest BCUT2D eigenvalue weighted by atomic mass is 32.2. The van der Waals surface area contributed by atoms with E-state index in [9.17, 15) is 8.42 Å². The van der Waals surface area contributed by atoms with Gasteiger partial charge in [-0.15, -0.1) is 0 Å². The number of nitrogens with zero attached hydrogens (tertiary/aromatic N) is 1. The fraction of sp³-hybridized carbons (Fsp3) is 0.571. The first-order valence-corrected chi connectivity index (χ1v) is 9.38. The van der Waals surface area contributed by atoms with E-state index in [-0.39, 0.29) is 5.25 Å². The Morgan fingerprint density at radius 3 is 2.47 bits per heavy atom. The molecule has 0 amide bonds. The van der Waals surface area contributed by atoms with Gasteiger partial charge < -0.3 is 0 Å². The van der Waals surface area contributed by atoms with E-state index in [2.05, 4.69) is 24.3 Å². The minimum Gasteiger partial charge on any atom is -0.212 e. The molecular weight excluding hydrogens is 278 g/mol. The summed E-state index contributed by atoms with van der Waals surface area (Å²) < 4.78 is 26.2. The average molecular weight is 297 g/mol. The highest BCUT2D eigenvalue weighted by Crippen LogP contribution is 2.37. The third-order valence-corrected chi connectivity index (χ3v) is 7.50. The largest absolute Gasteiger partial charge is 0.217 e. The van der Waals surface area contributed by atoms with Crippen LogP contribution in [0.15, 0.2) is 30.3 Å². The number of benzene rings is 1. The molecule has 1 unspecified atom stereocenters. The van der Waals surface area contributed by atoms with E-state index in [0.717, 1.165) is 25.0 Å². The van der Waals surface area contributed by atoms with Crippen molar-refractivity contribution in [1.29, 1.82) is 0 Å². The Labute approximate surface area is 119 Å². The zero-order valence-electron chi connectivity index (χ0n) is 10.9. The van der Waals surface area contributed by atoms with Crippen LogP contribution in [-0.2, 0) is 10.0 Å². The fourth-order valence-electron chi connectivity index (χ4n) is 2.51. The van der Waals surface area contributed by atoms with E-state index in [1.54, 1.807) is 4.31 Å². The number of sulfonamides is 1. The van der Waals surface area contributed by atoms with Crippen LogP contribution in [0.25, 0.3) is 0 Å². The summed E-state index contributed by atoms with van der Waals surface area (Å²) in [5.41, 5.74) is 1.32. The zero-order chi connectivity index (χ0) is 13.3. The standard InChI is InChI=1S/C14H19NO2S2/c16-19(17,13-6-7-13)15-9-8-14(18-11-10-15)12-4-2-1-3-5-12/h1-5,13-14H,6-11H2. The Hall–Kier alpha value is -0.520. The molecule has 0 bridgehead atoms. The van der Waals surface area contributed by atoms with Gasteiger partial charge in [0.2, 0.25) is 10.0 Å². The fourth-order valence-corrected chi connectivity index (χ4v) is 5.72. The highest BCUT2D eigenvalue weighted by Gasteiger charge is 2.40. The third kappa shape index (κ3) is 2.98. The van der Waals surface area contributed by atoms with Crippen molar-refractivity contribution < 1.29 is 8.42 Å². The van der Waals surface area contributed by atoms with E-state index in [0.29, 0.717) is 18.3 Å². The molecule has 2 aliphatic rings. The first-order valence-electron chi connectivity index (χ1n) is 6.83. The summed E-state index contributed by atoms with van der Waals surface area (Å²) in [5.74, 6) is 0.894. The second-order valence-corrected chi connectivity index (χ2v) is 8.73. The molecule has 3 nitrogen and oxygen atoms in total. The molecule has 5 heteroatoms. The lowest BCUT2D eigenvalue weighted by Crippen LogP contribution is -2.35. The van der Waals surface area contributed by atoms with Gasteiger partial charge in [0.25, 0.3) is 0 Å². The normalized spacial score (nSPS) is 26.0. The molecule has 0 spiro atoms. The quantitative estimate of drug-likeness (QED) is 0.861. The van der Waals surface area contributed by atoms with Gasteiger partial charge in [0.1, 0.15) is 0 Å². The molecule has 104 valence electrons. The molecule has 1 aliphatic heterocycles. The Bertz CT molecular complexity index is 526. The van der Waals surface area contributed by atoms with Crippen LogP contribution in [-0.4, -0.2) is 36.8 Å². The molecular formula is C14H19NO2S2.